The summed E-state index contributed by atoms with van der Waals surface area (Å²) in [5.74, 6) is -0.00732. The van der Waals surface area contributed by atoms with Crippen molar-refractivity contribution in [2.45, 2.75) is 13.0 Å². The van der Waals surface area contributed by atoms with Gasteiger partial charge in [-0.05, 0) is 36.8 Å². The smallest absolute Gasteiger partial charge is 0.188 e. The summed E-state index contributed by atoms with van der Waals surface area (Å²) in [5, 5.41) is 12.3. The van der Waals surface area contributed by atoms with Gasteiger partial charge in [0, 0.05) is 12.1 Å². The molecule has 2 rings (SSSR count). The molecule has 0 spiro atoms. The molecule has 0 aliphatic heterocycles. The Labute approximate surface area is 128 Å². The van der Waals surface area contributed by atoms with Crippen LogP contribution in [-0.2, 0) is 0 Å². The van der Waals surface area contributed by atoms with Crippen LogP contribution in [0.4, 0.5) is 5.69 Å². The molecule has 0 saturated heterocycles. The first-order chi connectivity index (χ1) is 10.0. The van der Waals surface area contributed by atoms with Gasteiger partial charge in [-0.2, -0.15) is 0 Å². The van der Waals surface area contributed by atoms with Crippen LogP contribution in [-0.4, -0.2) is 23.1 Å². The summed E-state index contributed by atoms with van der Waals surface area (Å²) in [7, 11) is 1.98. The quantitative estimate of drug-likeness (QED) is 0.394. The topological polar surface area (TPSA) is 74.7 Å². The molecule has 0 amide bonds. The van der Waals surface area contributed by atoms with Gasteiger partial charge in [0.1, 0.15) is 5.69 Å². The molecule has 0 aliphatic carbocycles. The highest BCUT2D eigenvalue weighted by atomic mass is 35.5. The second-order valence-corrected chi connectivity index (χ2v) is 5.17. The number of benzene rings is 1. The first-order valence-corrected chi connectivity index (χ1v) is 6.83. The number of halogens is 1. The van der Waals surface area contributed by atoms with Crippen LogP contribution in [0.15, 0.2) is 47.8 Å². The van der Waals surface area contributed by atoms with Gasteiger partial charge in [0.2, 0.25) is 0 Å². The third kappa shape index (κ3) is 3.44. The molecule has 3 N–H and O–H groups in total. The third-order valence-electron chi connectivity index (χ3n) is 3.44. The molecular formula is C15H17ClN4O. The summed E-state index contributed by atoms with van der Waals surface area (Å²) in [6.45, 7) is 2.09. The average Bonchev–Trinajstić information content (AvgIpc) is 2.53. The molecule has 21 heavy (non-hydrogen) atoms. The lowest BCUT2D eigenvalue weighted by Gasteiger charge is -2.27. The number of pyridine rings is 1. The summed E-state index contributed by atoms with van der Waals surface area (Å²) >= 11 is 6.03. The van der Waals surface area contributed by atoms with Gasteiger partial charge in [0.05, 0.1) is 17.9 Å². The SMILES string of the molecule is CC(c1cccc(Cl)c1)N(C)c1ccc(/C(N)=N/O)nc1. The van der Waals surface area contributed by atoms with E-state index >= 15 is 0 Å². The molecule has 0 fully saturated rings. The summed E-state index contributed by atoms with van der Waals surface area (Å²) in [6.07, 6.45) is 1.69. The van der Waals surface area contributed by atoms with Gasteiger partial charge in [-0.3, -0.25) is 4.98 Å². The summed E-state index contributed by atoms with van der Waals surface area (Å²) in [4.78, 5) is 6.26. The van der Waals surface area contributed by atoms with E-state index in [1.165, 1.54) is 0 Å². The Morgan fingerprint density at radius 1 is 1.38 bits per heavy atom. The van der Waals surface area contributed by atoms with Crippen molar-refractivity contribution in [3.05, 3.63) is 58.9 Å². The van der Waals surface area contributed by atoms with E-state index in [0.717, 1.165) is 11.3 Å². The minimum Gasteiger partial charge on any atom is -0.409 e. The van der Waals surface area contributed by atoms with Crippen molar-refractivity contribution in [1.29, 1.82) is 0 Å². The number of amidine groups is 1. The number of hydrogen-bond acceptors (Lipinski definition) is 4. The van der Waals surface area contributed by atoms with Crippen molar-refractivity contribution in [3.63, 3.8) is 0 Å². The predicted octanol–water partition coefficient (Wildman–Crippen LogP) is 3.03. The van der Waals surface area contributed by atoms with Crippen molar-refractivity contribution >= 4 is 23.1 Å². The van der Waals surface area contributed by atoms with Gasteiger partial charge in [0.15, 0.2) is 5.84 Å². The van der Waals surface area contributed by atoms with Crippen LogP contribution >= 0.6 is 11.6 Å². The first-order valence-electron chi connectivity index (χ1n) is 6.45. The minimum atomic E-state index is -0.00732. The Morgan fingerprint density at radius 2 is 2.14 bits per heavy atom. The molecule has 0 aliphatic rings. The second-order valence-electron chi connectivity index (χ2n) is 4.73. The van der Waals surface area contributed by atoms with E-state index in [9.17, 15) is 0 Å². The van der Waals surface area contributed by atoms with E-state index in [1.54, 1.807) is 12.3 Å². The summed E-state index contributed by atoms with van der Waals surface area (Å²) in [6, 6.07) is 11.5. The lowest BCUT2D eigenvalue weighted by atomic mass is 10.1. The summed E-state index contributed by atoms with van der Waals surface area (Å²) < 4.78 is 0. The Bertz CT molecular complexity index is 642. The fourth-order valence-corrected chi connectivity index (χ4v) is 2.21. The van der Waals surface area contributed by atoms with Gasteiger partial charge in [-0.15, -0.1) is 0 Å². The maximum atomic E-state index is 8.63. The second kappa shape index (κ2) is 6.45. The molecule has 2 aromatic rings. The number of hydrogen-bond donors (Lipinski definition) is 2. The molecular weight excluding hydrogens is 288 g/mol. The molecule has 5 nitrogen and oxygen atoms in total. The zero-order valence-corrected chi connectivity index (χ0v) is 12.6. The molecule has 1 unspecified atom stereocenters. The van der Waals surface area contributed by atoms with Crippen molar-refractivity contribution in [2.24, 2.45) is 10.9 Å². The van der Waals surface area contributed by atoms with Gasteiger partial charge in [-0.25, -0.2) is 0 Å². The number of oxime groups is 1. The van der Waals surface area contributed by atoms with E-state index in [0.29, 0.717) is 10.7 Å². The van der Waals surface area contributed by atoms with Crippen molar-refractivity contribution in [3.8, 4) is 0 Å². The maximum absolute atomic E-state index is 8.63. The lowest BCUT2D eigenvalue weighted by Crippen LogP contribution is -2.22. The molecule has 110 valence electrons. The number of nitrogens with zero attached hydrogens (tertiary/aromatic N) is 3. The summed E-state index contributed by atoms with van der Waals surface area (Å²) in [5.41, 5.74) is 7.98. The lowest BCUT2D eigenvalue weighted by molar-refractivity contribution is 0.318. The average molecular weight is 305 g/mol. The minimum absolute atomic E-state index is 0.00732. The fourth-order valence-electron chi connectivity index (χ4n) is 2.01. The Kier molecular flexibility index (Phi) is 4.65. The molecule has 1 heterocycles. The van der Waals surface area contributed by atoms with E-state index in [1.807, 2.05) is 37.4 Å². The molecule has 0 bridgehead atoms. The van der Waals surface area contributed by atoms with Crippen molar-refractivity contribution < 1.29 is 5.21 Å². The third-order valence-corrected chi connectivity index (χ3v) is 3.67. The molecule has 1 aromatic heterocycles. The number of aromatic nitrogens is 1. The van der Waals surface area contributed by atoms with Gasteiger partial charge < -0.3 is 15.8 Å². The Balaban J connectivity index is 2.21. The monoisotopic (exact) mass is 304 g/mol. The number of nitrogens with two attached hydrogens (primary N) is 1. The molecule has 6 heteroatoms. The first kappa shape index (κ1) is 15.1. The van der Waals surface area contributed by atoms with E-state index in [2.05, 4.69) is 22.0 Å². The van der Waals surface area contributed by atoms with Crippen LogP contribution in [0.5, 0.6) is 0 Å². The largest absolute Gasteiger partial charge is 0.409 e. The Morgan fingerprint density at radius 3 is 2.71 bits per heavy atom. The highest BCUT2D eigenvalue weighted by Crippen LogP contribution is 2.26. The Hall–Kier alpha value is -2.27. The van der Waals surface area contributed by atoms with Crippen LogP contribution in [0.3, 0.4) is 0 Å². The highest BCUT2D eigenvalue weighted by molar-refractivity contribution is 6.30. The predicted molar refractivity (Wildman–Crippen MR) is 85.0 cm³/mol. The van der Waals surface area contributed by atoms with E-state index < -0.39 is 0 Å². The zero-order chi connectivity index (χ0) is 15.4. The number of anilines is 1. The van der Waals surface area contributed by atoms with Crippen molar-refractivity contribution in [2.75, 3.05) is 11.9 Å². The maximum Gasteiger partial charge on any atom is 0.188 e. The van der Waals surface area contributed by atoms with Gasteiger partial charge in [0.25, 0.3) is 0 Å². The molecule has 1 atom stereocenters. The zero-order valence-electron chi connectivity index (χ0n) is 11.9. The standard InChI is InChI=1S/C15H17ClN4O/c1-10(11-4-3-5-12(16)8-11)20(2)13-6-7-14(18-9-13)15(17)19-21/h3-10,21H,1-2H3,(H2,17,19). The van der Waals surface area contributed by atoms with Gasteiger partial charge >= 0.3 is 0 Å². The van der Waals surface area contributed by atoms with Crippen LogP contribution in [0.2, 0.25) is 5.02 Å². The van der Waals surface area contributed by atoms with Crippen LogP contribution in [0, 0.1) is 0 Å². The molecule has 0 radical (unpaired) electrons. The van der Waals surface area contributed by atoms with Crippen LogP contribution in [0.25, 0.3) is 0 Å². The molecule has 1 aromatic carbocycles. The van der Waals surface area contributed by atoms with E-state index in [-0.39, 0.29) is 11.9 Å². The van der Waals surface area contributed by atoms with E-state index in [4.69, 9.17) is 22.5 Å². The molecule has 0 saturated carbocycles. The fraction of sp³-hybridized carbons (Fsp3) is 0.200. The van der Waals surface area contributed by atoms with Gasteiger partial charge in [-0.1, -0.05) is 28.9 Å². The van der Waals surface area contributed by atoms with Crippen LogP contribution < -0.4 is 10.6 Å². The highest BCUT2D eigenvalue weighted by Gasteiger charge is 2.13. The van der Waals surface area contributed by atoms with Crippen LogP contribution in [0.1, 0.15) is 24.2 Å². The van der Waals surface area contributed by atoms with Crippen molar-refractivity contribution in [1.82, 2.24) is 4.98 Å². The normalized spacial score (nSPS) is 13.0. The number of rotatable bonds is 4.